The number of aliphatic imine (C=N–C) groups is 1. The predicted octanol–water partition coefficient (Wildman–Crippen LogP) is 1.36. The number of thioether (sulfide) groups is 1. The van der Waals surface area contributed by atoms with Gasteiger partial charge in [0, 0.05) is 32.8 Å². The number of hydrogen-bond donors (Lipinski definition) is 18. The Balaban J connectivity index is 1.16. The van der Waals surface area contributed by atoms with Crippen LogP contribution >= 0.6 is 69.3 Å². The Kier molecular flexibility index (Phi) is 26.7. The van der Waals surface area contributed by atoms with Gasteiger partial charge in [0.2, 0.25) is 29.5 Å². The molecule has 0 radical (unpaired) electrons. The first kappa shape index (κ1) is 85.6. The number of pyridine rings is 1. The third kappa shape index (κ3) is 18.9. The van der Waals surface area contributed by atoms with E-state index in [4.69, 9.17) is 31.9 Å². The molecule has 18 N–H and O–H groups in total. The fourth-order valence-corrected chi connectivity index (χ4v) is 17.7. The number of piperidine rings is 1. The molecule has 13 bridgehead atoms. The Morgan fingerprint density at radius 2 is 1.44 bits per heavy atom. The van der Waals surface area contributed by atoms with Gasteiger partial charge >= 0.3 is 11.9 Å². The number of nitrogens with zero attached hydrogens (tertiary/aromatic N) is 6. The second kappa shape index (κ2) is 35.3. The molecule has 4 aliphatic heterocycles. The summed E-state index contributed by atoms with van der Waals surface area (Å²) in [5.41, 5.74) is -6.44. The monoisotopic (exact) mass is 1670 g/mol. The van der Waals surface area contributed by atoms with Crippen LogP contribution in [0.5, 0.6) is 0 Å². The number of cyclic esters (lactones) is 1. The summed E-state index contributed by atoms with van der Waals surface area (Å²) < 4.78 is 6.35. The van der Waals surface area contributed by atoms with E-state index in [1.165, 1.54) is 76.7 Å². The Hall–Kier alpha value is -9.83. The lowest BCUT2D eigenvalue weighted by atomic mass is 9.78. The zero-order valence-corrected chi connectivity index (χ0v) is 67.2. The number of thiazole rings is 4. The van der Waals surface area contributed by atoms with Gasteiger partial charge in [-0.05, 0) is 85.8 Å². The standard InChI is InChI=1S/C71H84N18O18S6/c1-14-37-63-82-43(22-109-63)59(100)88-52(70(13,106)34(12)92)66-84-45(24-112-66)62(108)87-48-33(11)107-68(105)40-19-36(31(9)90)35-15-16-38(50(93)49(35)78-40)77-46(25(2)3)60(101)75-28(6)54(95)72-26(4)53(94)73-29(7)56(97)89-71(69-85-44(23-113-69)58(99)86-47(32(10)91)61(102)80-37)18-17-39(79-51(71)41-20-111-65(48)81-41)64-83-42(21-110-64)57(98)74-27(5)55(96)76-30(8)67(103)104/h14-16,19-21,23-25,28-29,31-34,38-39,43,46-48,50-52,77,79,90-93,106H,4-5,8,17-18,22H2,1-3,6-7,9-13H3,(H,72,95)(H,73,94)(H,74,98)(H,75,101)(H,76,96)(H,80,102)(H,86,99)(H,87,108)(H,88,100)(H,89,97)(H,103,104). The van der Waals surface area contributed by atoms with Gasteiger partial charge in [0.15, 0.2) is 0 Å². The molecule has 1 saturated heterocycles. The van der Waals surface area contributed by atoms with Crippen LogP contribution in [0, 0.1) is 5.92 Å². The number of carboxylic acid groups (broad SMARTS) is 1. The lowest BCUT2D eigenvalue weighted by Crippen LogP contribution is -2.61. The number of fused-ring (bicyclic) bond motifs is 7. The molecule has 9 amide bonds. The molecule has 1 fully saturated rings. The van der Waals surface area contributed by atoms with E-state index >= 15 is 9.59 Å². The smallest absolute Gasteiger partial charge is 0.357 e. The molecule has 0 saturated carbocycles. The van der Waals surface area contributed by atoms with Crippen molar-refractivity contribution in [1.82, 2.24) is 88.7 Å². The Labute approximate surface area is 671 Å². The van der Waals surface area contributed by atoms with Crippen molar-refractivity contribution in [1.29, 1.82) is 0 Å². The lowest BCUT2D eigenvalue weighted by molar-refractivity contribution is -0.134. The number of carboxylic acids is 1. The molecule has 5 aromatic rings. The Morgan fingerprint density at radius 1 is 0.752 bits per heavy atom. The number of aliphatic carboxylic acids is 1. The molecule has 17 unspecified atom stereocenters. The summed E-state index contributed by atoms with van der Waals surface area (Å²) in [5.74, 6) is -11.5. The summed E-state index contributed by atoms with van der Waals surface area (Å²) in [4.78, 5) is 183. The van der Waals surface area contributed by atoms with Crippen molar-refractivity contribution in [2.45, 2.75) is 184 Å². The average molecular weight is 1670 g/mol. The van der Waals surface area contributed by atoms with Crippen molar-refractivity contribution in [2.75, 3.05) is 5.75 Å². The Bertz CT molecular complexity index is 4790. The maximum absolute atomic E-state index is 15.4. The normalized spacial score (nSPS) is 27.5. The van der Waals surface area contributed by atoms with Gasteiger partial charge < -0.3 is 88.5 Å². The van der Waals surface area contributed by atoms with E-state index in [0.29, 0.717) is 0 Å². The molecule has 1 aliphatic carbocycles. The number of aliphatic hydroxyl groups excluding tert-OH is 4. The van der Waals surface area contributed by atoms with E-state index < -0.39 is 196 Å². The van der Waals surface area contributed by atoms with Crippen molar-refractivity contribution in [3.63, 3.8) is 0 Å². The topological polar surface area (TPSA) is 540 Å². The lowest BCUT2D eigenvalue weighted by Gasteiger charge is -2.46. The molecular formula is C71H84N18O18S6. The van der Waals surface area contributed by atoms with Gasteiger partial charge in [0.1, 0.15) is 118 Å². The SMILES string of the molecule is C=C(NC(=O)C(=C)NC(=O)c1csc(C2CCC34NC(=O)C(C)NC(=O)C(=C)NC(=O)C(C)NC(=O)C(C(C)C)NC5C=Cc6c(C(C)O)cc(nc6C5O)C(=O)OC(C)C(NC(=S)c5csc(n5)C(C(C)(O)C(C)O)NC(=O)C5CSC(=N5)C(=CC)NC(=O)C(C(C)O)NC(=O)c5csc3n5)c3nc(cs3)C4N2)n1)C(=O)O. The van der Waals surface area contributed by atoms with Crippen molar-refractivity contribution in [2.24, 2.45) is 10.9 Å². The highest BCUT2D eigenvalue weighted by atomic mass is 32.2. The van der Waals surface area contributed by atoms with E-state index in [1.54, 1.807) is 38.3 Å². The van der Waals surface area contributed by atoms with Gasteiger partial charge in [-0.2, -0.15) is 0 Å². The molecule has 113 heavy (non-hydrogen) atoms. The number of rotatable bonds is 11. The highest BCUT2D eigenvalue weighted by Gasteiger charge is 2.52. The molecule has 36 nitrogen and oxygen atoms in total. The third-order valence-corrected chi connectivity index (χ3v) is 24.4. The quantitative estimate of drug-likeness (QED) is 0.0504. The van der Waals surface area contributed by atoms with Crippen molar-refractivity contribution in [3.8, 4) is 0 Å². The van der Waals surface area contributed by atoms with E-state index in [1.807, 2.05) is 5.32 Å². The highest BCUT2D eigenvalue weighted by molar-refractivity contribution is 8.14. The number of nitrogens with one attached hydrogen (secondary N) is 12. The van der Waals surface area contributed by atoms with Gasteiger partial charge in [-0.1, -0.05) is 64.0 Å². The number of hydrogen-bond acceptors (Lipinski definition) is 31. The minimum Gasteiger partial charge on any atom is -0.477 e. The molecule has 42 heteroatoms. The number of ether oxygens (including phenoxy) is 1. The number of carbonyl (C=O) groups excluding carboxylic acids is 10. The predicted molar refractivity (Wildman–Crippen MR) is 419 cm³/mol. The van der Waals surface area contributed by atoms with Crippen LogP contribution in [0.25, 0.3) is 6.08 Å². The third-order valence-electron chi connectivity index (χ3n) is 19.1. The molecule has 9 heterocycles. The molecule has 10 rings (SSSR count). The first-order valence-corrected chi connectivity index (χ1v) is 40.1. The summed E-state index contributed by atoms with van der Waals surface area (Å²) in [5, 5.41) is 106. The first-order chi connectivity index (χ1) is 53.2. The number of thiocarbonyl (C=S) groups is 1. The molecule has 0 aromatic carbocycles. The summed E-state index contributed by atoms with van der Waals surface area (Å²) >= 11 is 11.0. The zero-order valence-electron chi connectivity index (χ0n) is 62.3. The molecular weight excluding hydrogens is 1590 g/mol. The fraction of sp³-hybridized carbons (Fsp3) is 0.437. The number of allylic oxidation sites excluding steroid dienone is 1. The van der Waals surface area contributed by atoms with Gasteiger partial charge in [0.05, 0.1) is 71.0 Å². The number of carbonyl (C=O) groups is 11. The largest absolute Gasteiger partial charge is 0.477 e. The van der Waals surface area contributed by atoms with E-state index in [0.717, 1.165) is 57.1 Å². The van der Waals surface area contributed by atoms with Crippen LogP contribution in [0.3, 0.4) is 0 Å². The van der Waals surface area contributed by atoms with Gasteiger partial charge in [-0.25, -0.2) is 34.5 Å². The van der Waals surface area contributed by atoms with Crippen LogP contribution in [-0.4, -0.2) is 197 Å². The van der Waals surface area contributed by atoms with Gasteiger partial charge in [-0.15, -0.1) is 57.1 Å². The van der Waals surface area contributed by atoms with Gasteiger partial charge in [-0.3, -0.25) is 58.8 Å². The summed E-state index contributed by atoms with van der Waals surface area (Å²) in [6.45, 7) is 24.9. The van der Waals surface area contributed by atoms with Crippen LogP contribution in [-0.2, 0) is 48.6 Å². The minimum atomic E-state index is -2.14. The average Bonchev–Trinajstić information content (AvgIpc) is 1.72. The summed E-state index contributed by atoms with van der Waals surface area (Å²) in [7, 11) is 0. The van der Waals surface area contributed by atoms with Crippen LogP contribution in [0.15, 0.2) is 87.3 Å². The first-order valence-electron chi connectivity index (χ1n) is 35.2. The second-order valence-corrected chi connectivity index (χ2v) is 32.8. The maximum Gasteiger partial charge on any atom is 0.357 e. The molecule has 5 aromatic heterocycles. The number of esters is 1. The second-order valence-electron chi connectivity index (χ2n) is 27.8. The van der Waals surface area contributed by atoms with Crippen molar-refractivity contribution < 1.29 is 88.1 Å². The van der Waals surface area contributed by atoms with E-state index in [9.17, 15) is 73.8 Å². The summed E-state index contributed by atoms with van der Waals surface area (Å²) in [6.07, 6.45) is -3.02. The van der Waals surface area contributed by atoms with E-state index in [-0.39, 0.29) is 94.0 Å². The number of aliphatic hydroxyl groups is 5. The Morgan fingerprint density at radius 3 is 2.12 bits per heavy atom. The maximum atomic E-state index is 15.4. The highest BCUT2D eigenvalue weighted by Crippen LogP contribution is 2.49. The molecule has 5 aliphatic rings. The van der Waals surface area contributed by atoms with Crippen molar-refractivity contribution >= 4 is 151 Å². The molecule has 0 spiro atoms. The van der Waals surface area contributed by atoms with Crippen LogP contribution in [0.4, 0.5) is 0 Å². The minimum absolute atomic E-state index is 0.0182. The van der Waals surface area contributed by atoms with Crippen LogP contribution < -0.4 is 63.8 Å². The van der Waals surface area contributed by atoms with Crippen LogP contribution in [0.2, 0.25) is 0 Å². The van der Waals surface area contributed by atoms with Crippen molar-refractivity contribution in [3.05, 3.63) is 148 Å². The number of amides is 9. The van der Waals surface area contributed by atoms with Crippen LogP contribution in [0.1, 0.15) is 198 Å². The molecule has 17 atom stereocenters. The molecule has 602 valence electrons. The fourth-order valence-electron chi connectivity index (χ4n) is 12.4. The van der Waals surface area contributed by atoms with Gasteiger partial charge in [0.25, 0.3) is 23.6 Å². The zero-order chi connectivity index (χ0) is 82.7. The summed E-state index contributed by atoms with van der Waals surface area (Å²) in [6, 6.07) is -11.8. The number of aromatic nitrogens is 5. The van der Waals surface area contributed by atoms with E-state index in [2.05, 4.69) is 93.2 Å².